The van der Waals surface area contributed by atoms with E-state index < -0.39 is 0 Å². The summed E-state index contributed by atoms with van der Waals surface area (Å²) in [6.07, 6.45) is 0.983. The van der Waals surface area contributed by atoms with Gasteiger partial charge in [0.15, 0.2) is 0 Å². The fourth-order valence-electron chi connectivity index (χ4n) is 2.20. The van der Waals surface area contributed by atoms with E-state index in [0.29, 0.717) is 17.6 Å². The van der Waals surface area contributed by atoms with Gasteiger partial charge in [0.25, 0.3) is 5.91 Å². The average Bonchev–Trinajstić information content (AvgIpc) is 3.08. The smallest absolute Gasteiger partial charge is 0.286 e. The number of carbonyl (C=O) groups excluding carboxylic acids is 1. The third-order valence-electron chi connectivity index (χ3n) is 3.98. The number of carbonyl (C=O) groups is 1. The molecule has 2 aromatic rings. The first kappa shape index (κ1) is 19.9. The Balaban J connectivity index is 1.91. The fraction of sp³-hybridized carbons (Fsp3) is 0.500. The van der Waals surface area contributed by atoms with Gasteiger partial charge in [-0.05, 0) is 43.8 Å². The number of benzene rings is 1. The third kappa shape index (κ3) is 6.09. The molecule has 2 rings (SSSR count). The lowest BCUT2D eigenvalue weighted by atomic mass is 10.1. The summed E-state index contributed by atoms with van der Waals surface area (Å²) in [5, 5.41) is 12.4. The molecule has 1 aromatic carbocycles. The van der Waals surface area contributed by atoms with Crippen LogP contribution in [0.1, 0.15) is 41.1 Å². The molecule has 1 aromatic heterocycles. The summed E-state index contributed by atoms with van der Waals surface area (Å²) in [5.41, 5.74) is 2.02. The maximum absolute atomic E-state index is 12.3. The van der Waals surface area contributed by atoms with E-state index in [4.69, 9.17) is 0 Å². The number of thioether (sulfide) groups is 1. The highest BCUT2D eigenvalue weighted by Crippen LogP contribution is 2.17. The minimum atomic E-state index is -0.203. The third-order valence-corrected chi connectivity index (χ3v) is 6.01. The molecule has 0 radical (unpaired) electrons. The van der Waals surface area contributed by atoms with Crippen LogP contribution in [0.5, 0.6) is 0 Å². The first-order chi connectivity index (χ1) is 12.0. The molecule has 1 N–H and O–H groups in total. The van der Waals surface area contributed by atoms with E-state index in [9.17, 15) is 4.79 Å². The normalized spacial score (nSPS) is 12.4. The molecule has 0 aliphatic heterocycles. The van der Waals surface area contributed by atoms with Crippen LogP contribution in [0.15, 0.2) is 24.3 Å². The minimum absolute atomic E-state index is 0.203. The molecular weight excluding hydrogens is 352 g/mol. The zero-order valence-corrected chi connectivity index (χ0v) is 16.9. The Kier molecular flexibility index (Phi) is 7.87. The van der Waals surface area contributed by atoms with E-state index in [1.807, 2.05) is 36.0 Å². The number of anilines is 1. The lowest BCUT2D eigenvalue weighted by Crippen LogP contribution is -2.30. The van der Waals surface area contributed by atoms with Gasteiger partial charge in [0.05, 0.1) is 6.54 Å². The van der Waals surface area contributed by atoms with Crippen molar-refractivity contribution in [3.8, 4) is 0 Å². The van der Waals surface area contributed by atoms with Crippen molar-refractivity contribution in [1.82, 2.24) is 15.1 Å². The molecule has 0 saturated heterocycles. The molecule has 0 bridgehead atoms. The number of amides is 1. The Bertz CT molecular complexity index is 672. The quantitative estimate of drug-likeness (QED) is 0.716. The molecule has 25 heavy (non-hydrogen) atoms. The number of hydrogen-bond acceptors (Lipinski definition) is 6. The Hall–Kier alpha value is -1.44. The predicted molar refractivity (Wildman–Crippen MR) is 108 cm³/mol. The monoisotopic (exact) mass is 378 g/mol. The van der Waals surface area contributed by atoms with Gasteiger partial charge < -0.3 is 5.32 Å². The second kappa shape index (κ2) is 9.89. The lowest BCUT2D eigenvalue weighted by Gasteiger charge is -2.22. The van der Waals surface area contributed by atoms with Gasteiger partial charge in [-0.2, -0.15) is 11.8 Å². The summed E-state index contributed by atoms with van der Waals surface area (Å²) in [7, 11) is 2.08. The van der Waals surface area contributed by atoms with Gasteiger partial charge in [-0.25, -0.2) is 0 Å². The second-order valence-corrected chi connectivity index (χ2v) is 8.31. The lowest BCUT2D eigenvalue weighted by molar-refractivity contribution is 0.102. The highest BCUT2D eigenvalue weighted by molar-refractivity contribution is 7.99. The maximum Gasteiger partial charge on any atom is 0.286 e. The topological polar surface area (TPSA) is 58.1 Å². The van der Waals surface area contributed by atoms with Gasteiger partial charge in [-0.3, -0.25) is 9.69 Å². The van der Waals surface area contributed by atoms with Crippen LogP contribution in [0.25, 0.3) is 0 Å². The predicted octanol–water partition coefficient (Wildman–Crippen LogP) is 3.93. The molecule has 0 fully saturated rings. The van der Waals surface area contributed by atoms with Crippen LogP contribution in [0.2, 0.25) is 0 Å². The Morgan fingerprint density at radius 3 is 2.64 bits per heavy atom. The zero-order chi connectivity index (χ0) is 18.2. The highest BCUT2D eigenvalue weighted by Gasteiger charge is 2.16. The van der Waals surface area contributed by atoms with E-state index in [2.05, 4.69) is 48.2 Å². The van der Waals surface area contributed by atoms with Crippen LogP contribution >= 0.6 is 23.1 Å². The number of aryl methyl sites for hydroxylation is 1. The van der Waals surface area contributed by atoms with Crippen molar-refractivity contribution in [2.24, 2.45) is 0 Å². The number of aromatic nitrogens is 2. The number of nitrogens with zero attached hydrogens (tertiary/aromatic N) is 3. The van der Waals surface area contributed by atoms with Crippen molar-refractivity contribution in [3.05, 3.63) is 39.8 Å². The molecule has 7 heteroatoms. The van der Waals surface area contributed by atoms with Crippen molar-refractivity contribution in [1.29, 1.82) is 0 Å². The zero-order valence-electron chi connectivity index (χ0n) is 15.3. The van der Waals surface area contributed by atoms with E-state index in [0.717, 1.165) is 28.6 Å². The van der Waals surface area contributed by atoms with E-state index in [-0.39, 0.29) is 5.91 Å². The van der Waals surface area contributed by atoms with Crippen LogP contribution in [-0.2, 0) is 13.0 Å². The van der Waals surface area contributed by atoms with Crippen molar-refractivity contribution in [2.75, 3.05) is 23.9 Å². The first-order valence-electron chi connectivity index (χ1n) is 8.54. The summed E-state index contributed by atoms with van der Waals surface area (Å²) in [6, 6.07) is 8.33. The van der Waals surface area contributed by atoms with E-state index in [1.165, 1.54) is 16.9 Å². The molecule has 1 unspecified atom stereocenters. The van der Waals surface area contributed by atoms with Gasteiger partial charge >= 0.3 is 0 Å². The summed E-state index contributed by atoms with van der Waals surface area (Å²) in [6.45, 7) is 7.19. The summed E-state index contributed by atoms with van der Waals surface area (Å²) in [4.78, 5) is 14.6. The van der Waals surface area contributed by atoms with Gasteiger partial charge in [0, 0.05) is 17.5 Å². The molecule has 1 atom stereocenters. The Morgan fingerprint density at radius 2 is 2.00 bits per heavy atom. The summed E-state index contributed by atoms with van der Waals surface area (Å²) < 4.78 is 0. The maximum atomic E-state index is 12.3. The van der Waals surface area contributed by atoms with Gasteiger partial charge in [-0.15, -0.1) is 10.2 Å². The second-order valence-electron chi connectivity index (χ2n) is 5.93. The standard InChI is InChI=1S/C18H26N4OS2/c1-5-14-7-9-15(10-8-14)19-17(23)18-21-20-16(25-18)11-22(4)13(3)12-24-6-2/h7-10,13H,5-6,11-12H2,1-4H3,(H,19,23). The molecule has 0 aliphatic rings. The van der Waals surface area contributed by atoms with Crippen LogP contribution < -0.4 is 5.32 Å². The van der Waals surface area contributed by atoms with Gasteiger partial charge in [0.2, 0.25) is 5.01 Å². The van der Waals surface area contributed by atoms with Gasteiger partial charge in [0.1, 0.15) is 5.01 Å². The molecule has 1 heterocycles. The van der Waals surface area contributed by atoms with Crippen molar-refractivity contribution >= 4 is 34.7 Å². The minimum Gasteiger partial charge on any atom is -0.320 e. The van der Waals surface area contributed by atoms with Crippen molar-refractivity contribution < 1.29 is 4.79 Å². The molecule has 0 aliphatic carbocycles. The molecular formula is C18H26N4OS2. The number of hydrogen-bond donors (Lipinski definition) is 1. The molecule has 136 valence electrons. The SMILES string of the molecule is CCSCC(C)N(C)Cc1nnc(C(=O)Nc2ccc(CC)cc2)s1. The fourth-order valence-corrected chi connectivity index (χ4v) is 3.83. The number of nitrogens with one attached hydrogen (secondary N) is 1. The molecule has 0 spiro atoms. The summed E-state index contributed by atoms with van der Waals surface area (Å²) in [5.74, 6) is 2.01. The molecule has 5 nitrogen and oxygen atoms in total. The molecule has 0 saturated carbocycles. The highest BCUT2D eigenvalue weighted by atomic mass is 32.2. The van der Waals surface area contributed by atoms with E-state index >= 15 is 0 Å². The average molecular weight is 379 g/mol. The Morgan fingerprint density at radius 1 is 1.28 bits per heavy atom. The molecule has 1 amide bonds. The van der Waals surface area contributed by atoms with Crippen LogP contribution in [0, 0.1) is 0 Å². The number of rotatable bonds is 9. The van der Waals surface area contributed by atoms with Crippen LogP contribution in [-0.4, -0.2) is 45.6 Å². The Labute approximate surface area is 158 Å². The van der Waals surface area contributed by atoms with Crippen LogP contribution in [0.4, 0.5) is 5.69 Å². The van der Waals surface area contributed by atoms with Crippen molar-refractivity contribution in [3.63, 3.8) is 0 Å². The van der Waals surface area contributed by atoms with Crippen molar-refractivity contribution in [2.45, 2.75) is 39.8 Å². The van der Waals surface area contributed by atoms with Gasteiger partial charge in [-0.1, -0.05) is 37.3 Å². The largest absolute Gasteiger partial charge is 0.320 e. The van der Waals surface area contributed by atoms with E-state index in [1.54, 1.807) is 0 Å². The first-order valence-corrected chi connectivity index (χ1v) is 10.5. The van der Waals surface area contributed by atoms with Crippen LogP contribution in [0.3, 0.4) is 0 Å². The summed E-state index contributed by atoms with van der Waals surface area (Å²) >= 11 is 3.29.